The molecule has 1 spiro atoms. The number of nitrogens with one attached hydrogen (secondary N) is 2. The highest BCUT2D eigenvalue weighted by atomic mass is 19.4. The van der Waals surface area contributed by atoms with Crippen LogP contribution in [0.2, 0.25) is 0 Å². The van der Waals surface area contributed by atoms with Gasteiger partial charge in [-0.25, -0.2) is 0 Å². The van der Waals surface area contributed by atoms with Crippen molar-refractivity contribution < 1.29 is 27.5 Å². The highest BCUT2D eigenvalue weighted by molar-refractivity contribution is 6.46. The van der Waals surface area contributed by atoms with Gasteiger partial charge in [0.1, 0.15) is 17.1 Å². The maximum absolute atomic E-state index is 13.1. The first-order chi connectivity index (χ1) is 15.7. The van der Waals surface area contributed by atoms with Gasteiger partial charge in [-0.05, 0) is 36.4 Å². The van der Waals surface area contributed by atoms with Crippen LogP contribution in [0.1, 0.15) is 24.0 Å². The Kier molecular flexibility index (Phi) is 6.11. The highest BCUT2D eigenvalue weighted by Crippen LogP contribution is 2.34. The lowest BCUT2D eigenvalue weighted by Gasteiger charge is -2.36. The van der Waals surface area contributed by atoms with Crippen molar-refractivity contribution in [1.82, 2.24) is 10.2 Å². The number of alkyl halides is 3. The van der Waals surface area contributed by atoms with Crippen LogP contribution >= 0.6 is 0 Å². The monoisotopic (exact) mass is 460 g/mol. The number of hydrogen-bond donors (Lipinski definition) is 2. The topological polar surface area (TPSA) is 83.0 Å². The Morgan fingerprint density at radius 1 is 1.15 bits per heavy atom. The van der Waals surface area contributed by atoms with Crippen LogP contribution in [0.15, 0.2) is 53.5 Å². The van der Waals surface area contributed by atoms with E-state index in [1.54, 1.807) is 31.4 Å². The normalized spacial score (nSPS) is 18.1. The predicted molar refractivity (Wildman–Crippen MR) is 116 cm³/mol. The molecule has 0 unspecified atom stereocenters. The second-order valence-electron chi connectivity index (χ2n) is 8.04. The fourth-order valence-electron chi connectivity index (χ4n) is 4.06. The number of ether oxygens (including phenoxy) is 1. The van der Waals surface area contributed by atoms with Crippen LogP contribution < -0.4 is 15.4 Å². The molecular weight excluding hydrogens is 437 g/mol. The summed E-state index contributed by atoms with van der Waals surface area (Å²) in [7, 11) is 1.56. The van der Waals surface area contributed by atoms with Gasteiger partial charge in [-0.2, -0.15) is 13.2 Å². The second-order valence-corrected chi connectivity index (χ2v) is 8.04. The first-order valence-corrected chi connectivity index (χ1v) is 10.4. The molecule has 0 saturated carbocycles. The molecule has 2 aliphatic heterocycles. The number of rotatable bonds is 5. The Morgan fingerprint density at radius 2 is 1.82 bits per heavy atom. The maximum atomic E-state index is 13.1. The number of carbonyl (C=O) groups is 2. The molecule has 7 nitrogen and oxygen atoms in total. The maximum Gasteiger partial charge on any atom is 0.418 e. The van der Waals surface area contributed by atoms with Gasteiger partial charge in [-0.1, -0.05) is 12.1 Å². The molecule has 0 radical (unpaired) electrons. The molecule has 1 saturated heterocycles. The lowest BCUT2D eigenvalue weighted by molar-refractivity contribution is -0.137. The lowest BCUT2D eigenvalue weighted by Crippen LogP contribution is -2.52. The molecule has 2 aromatic rings. The Balaban J connectivity index is 1.37. The van der Waals surface area contributed by atoms with E-state index in [0.717, 1.165) is 6.07 Å². The first-order valence-electron chi connectivity index (χ1n) is 10.4. The second kappa shape index (κ2) is 8.86. The van der Waals surface area contributed by atoms with E-state index in [4.69, 9.17) is 4.74 Å². The first kappa shape index (κ1) is 22.8. The van der Waals surface area contributed by atoms with Crippen molar-refractivity contribution in [3.8, 4) is 5.75 Å². The van der Waals surface area contributed by atoms with Crippen LogP contribution in [-0.4, -0.2) is 54.8 Å². The van der Waals surface area contributed by atoms with Crippen molar-refractivity contribution in [3.63, 3.8) is 0 Å². The molecule has 33 heavy (non-hydrogen) atoms. The Hall–Kier alpha value is -3.40. The van der Waals surface area contributed by atoms with Crippen molar-refractivity contribution in [2.24, 2.45) is 4.99 Å². The highest BCUT2D eigenvalue weighted by Gasteiger charge is 2.42. The van der Waals surface area contributed by atoms with Crippen molar-refractivity contribution in [2.75, 3.05) is 32.1 Å². The number of halogens is 3. The zero-order valence-corrected chi connectivity index (χ0v) is 17.9. The number of nitrogens with zero attached hydrogens (tertiary/aromatic N) is 2. The van der Waals surface area contributed by atoms with Gasteiger partial charge >= 0.3 is 6.18 Å². The molecule has 10 heteroatoms. The molecule has 2 aliphatic rings. The molecule has 2 aromatic carbocycles. The van der Waals surface area contributed by atoms with Crippen molar-refractivity contribution in [1.29, 1.82) is 0 Å². The third-order valence-corrected chi connectivity index (χ3v) is 5.81. The molecule has 0 atom stereocenters. The summed E-state index contributed by atoms with van der Waals surface area (Å²) in [5, 5.41) is 5.32. The molecule has 1 fully saturated rings. The number of methoxy groups -OCH3 is 1. The summed E-state index contributed by atoms with van der Waals surface area (Å²) >= 11 is 0. The van der Waals surface area contributed by atoms with Crippen LogP contribution in [0.25, 0.3) is 0 Å². The van der Waals surface area contributed by atoms with Crippen LogP contribution in [0, 0.1) is 0 Å². The van der Waals surface area contributed by atoms with Crippen molar-refractivity contribution in [3.05, 3.63) is 59.7 Å². The molecule has 174 valence electrons. The van der Waals surface area contributed by atoms with Gasteiger partial charge < -0.3 is 15.4 Å². The smallest absolute Gasteiger partial charge is 0.418 e. The molecule has 2 N–H and O–H groups in total. The molecule has 4 rings (SSSR count). The zero-order valence-electron chi connectivity index (χ0n) is 17.9. The molecule has 0 bridgehead atoms. The van der Waals surface area contributed by atoms with Gasteiger partial charge in [0.15, 0.2) is 0 Å². The number of hydrogen-bond acceptors (Lipinski definition) is 5. The number of piperidine rings is 1. The van der Waals surface area contributed by atoms with Gasteiger partial charge in [0, 0.05) is 31.5 Å². The molecule has 0 aliphatic carbocycles. The largest absolute Gasteiger partial charge is 0.497 e. The fraction of sp³-hybridized carbons (Fsp3) is 0.348. The van der Waals surface area contributed by atoms with E-state index in [-0.39, 0.29) is 18.1 Å². The third-order valence-electron chi connectivity index (χ3n) is 5.81. The summed E-state index contributed by atoms with van der Waals surface area (Å²) in [6.45, 7) is 0.882. The molecule has 0 aromatic heterocycles. The summed E-state index contributed by atoms with van der Waals surface area (Å²) < 4.78 is 44.5. The summed E-state index contributed by atoms with van der Waals surface area (Å²) in [5.74, 6) is -0.104. The lowest BCUT2D eigenvalue weighted by atomic mass is 9.98. The van der Waals surface area contributed by atoms with Crippen LogP contribution in [0.5, 0.6) is 5.75 Å². The van der Waals surface area contributed by atoms with E-state index >= 15 is 0 Å². The van der Waals surface area contributed by atoms with Gasteiger partial charge in [-0.15, -0.1) is 0 Å². The van der Waals surface area contributed by atoms with Crippen molar-refractivity contribution >= 4 is 23.2 Å². The number of anilines is 1. The minimum absolute atomic E-state index is 0.0503. The van der Waals surface area contributed by atoms with E-state index in [2.05, 4.69) is 15.6 Å². The predicted octanol–water partition coefficient (Wildman–Crippen LogP) is 3.06. The Morgan fingerprint density at radius 3 is 2.45 bits per heavy atom. The van der Waals surface area contributed by atoms with E-state index in [0.29, 0.717) is 43.0 Å². The number of aliphatic imine (C=N–C) groups is 1. The van der Waals surface area contributed by atoms with Gasteiger partial charge in [0.05, 0.1) is 24.9 Å². The van der Waals surface area contributed by atoms with Gasteiger partial charge in [-0.3, -0.25) is 19.5 Å². The average molecular weight is 460 g/mol. The number of benzene rings is 2. The zero-order chi connectivity index (χ0) is 23.6. The minimum Gasteiger partial charge on any atom is -0.497 e. The van der Waals surface area contributed by atoms with Crippen LogP contribution in [-0.2, 0) is 15.8 Å². The SMILES string of the molecule is COc1ccc(C2=NC3(CCN(CC(=O)Nc4ccccc4C(F)(F)F)CC3)NC2=O)cc1. The van der Waals surface area contributed by atoms with E-state index in [9.17, 15) is 22.8 Å². The number of amides is 2. The quantitative estimate of drug-likeness (QED) is 0.719. The van der Waals surface area contributed by atoms with E-state index in [1.807, 2.05) is 4.90 Å². The number of likely N-dealkylation sites (tertiary alicyclic amines) is 1. The van der Waals surface area contributed by atoms with Crippen LogP contribution in [0.3, 0.4) is 0 Å². The fourth-order valence-corrected chi connectivity index (χ4v) is 4.06. The summed E-state index contributed by atoms with van der Waals surface area (Å²) in [4.78, 5) is 31.4. The number of carbonyl (C=O) groups excluding carboxylic acids is 2. The average Bonchev–Trinajstić information content (AvgIpc) is 3.11. The minimum atomic E-state index is -4.55. The Labute approximate surface area is 188 Å². The summed E-state index contributed by atoms with van der Waals surface area (Å²) in [6.07, 6.45) is -3.57. The van der Waals surface area contributed by atoms with E-state index < -0.39 is 23.3 Å². The molecule has 2 amide bonds. The van der Waals surface area contributed by atoms with Crippen molar-refractivity contribution in [2.45, 2.75) is 24.7 Å². The number of para-hydroxylation sites is 1. The Bertz CT molecular complexity index is 1080. The summed E-state index contributed by atoms with van der Waals surface area (Å²) in [5.41, 5.74) is -0.837. The van der Waals surface area contributed by atoms with Gasteiger partial charge in [0.25, 0.3) is 5.91 Å². The summed E-state index contributed by atoms with van der Waals surface area (Å²) in [6, 6.07) is 11.9. The van der Waals surface area contributed by atoms with Gasteiger partial charge in [0.2, 0.25) is 5.91 Å². The molecule has 2 heterocycles. The standard InChI is InChI=1S/C23H23F3N4O3/c1-33-16-8-6-15(7-9-16)20-21(32)29-22(28-20)10-12-30(13-11-22)14-19(31)27-18-5-3-2-4-17(18)23(24,25)26/h2-9H,10-14H2,1H3,(H,27,31)(H,29,32). The van der Waals surface area contributed by atoms with E-state index in [1.165, 1.54) is 18.2 Å². The third kappa shape index (κ3) is 5.00. The molecular formula is C23H23F3N4O3. The van der Waals surface area contributed by atoms with Crippen LogP contribution in [0.4, 0.5) is 18.9 Å².